The van der Waals surface area contributed by atoms with Gasteiger partial charge in [-0.05, 0) is 36.4 Å². The second-order valence-electron chi connectivity index (χ2n) is 4.25. The third kappa shape index (κ3) is 1.78. The van der Waals surface area contributed by atoms with Crippen molar-refractivity contribution in [3.63, 3.8) is 0 Å². The van der Waals surface area contributed by atoms with E-state index >= 15 is 0 Å². The molecule has 3 rings (SSSR count). The van der Waals surface area contributed by atoms with Gasteiger partial charge in [0.15, 0.2) is 0 Å². The number of H-pyrrole nitrogens is 1. The van der Waals surface area contributed by atoms with Crippen molar-refractivity contribution in [2.45, 2.75) is 0 Å². The number of fused-ring (bicyclic) bond motifs is 1. The van der Waals surface area contributed by atoms with Crippen LogP contribution in [-0.4, -0.2) is 20.6 Å². The molecule has 0 aliphatic carbocycles. The minimum atomic E-state index is -1.12. The van der Waals surface area contributed by atoms with Gasteiger partial charge in [-0.2, -0.15) is 0 Å². The number of hydrogen-bond donors (Lipinski definition) is 2. The third-order valence-corrected chi connectivity index (χ3v) is 3.03. The average molecular weight is 272 g/mol. The van der Waals surface area contributed by atoms with Crippen LogP contribution in [0.1, 0.15) is 10.4 Å². The van der Waals surface area contributed by atoms with Gasteiger partial charge in [0.2, 0.25) is 0 Å². The highest BCUT2D eigenvalue weighted by molar-refractivity contribution is 6.01. The monoisotopic (exact) mass is 272 g/mol. The second-order valence-corrected chi connectivity index (χ2v) is 4.25. The van der Waals surface area contributed by atoms with Gasteiger partial charge in [-0.15, -0.1) is 0 Å². The molecule has 2 N–H and O–H groups in total. The maximum atomic E-state index is 12.9. The van der Waals surface area contributed by atoms with E-state index in [1.807, 2.05) is 0 Å². The van der Waals surface area contributed by atoms with Crippen LogP contribution in [0, 0.1) is 5.82 Å². The second kappa shape index (κ2) is 4.34. The highest BCUT2D eigenvalue weighted by Gasteiger charge is 2.15. The van der Waals surface area contributed by atoms with E-state index < -0.39 is 17.5 Å². The molecule has 1 aromatic heterocycles. The molecule has 0 saturated heterocycles. The predicted octanol–water partition coefficient (Wildman–Crippen LogP) is 2.16. The van der Waals surface area contributed by atoms with Gasteiger partial charge >= 0.3 is 11.7 Å². The van der Waals surface area contributed by atoms with Crippen molar-refractivity contribution < 1.29 is 14.3 Å². The van der Waals surface area contributed by atoms with Crippen molar-refractivity contribution in [2.75, 3.05) is 0 Å². The Hall–Kier alpha value is -2.89. The minimum absolute atomic E-state index is 0.0143. The first-order valence-corrected chi connectivity index (χ1v) is 5.81. The van der Waals surface area contributed by atoms with Crippen LogP contribution < -0.4 is 5.69 Å². The largest absolute Gasteiger partial charge is 0.478 e. The summed E-state index contributed by atoms with van der Waals surface area (Å²) in [5.41, 5.74) is 0.682. The van der Waals surface area contributed by atoms with E-state index in [0.717, 1.165) is 0 Å². The van der Waals surface area contributed by atoms with E-state index in [9.17, 15) is 14.0 Å². The summed E-state index contributed by atoms with van der Waals surface area (Å²) in [7, 11) is 0. The number of aromatic carboxylic acids is 1. The molecular weight excluding hydrogens is 263 g/mol. The summed E-state index contributed by atoms with van der Waals surface area (Å²) in [5.74, 6) is -1.53. The Bertz CT molecular complexity index is 862. The van der Waals surface area contributed by atoms with E-state index in [0.29, 0.717) is 11.2 Å². The maximum Gasteiger partial charge on any atom is 0.337 e. The summed E-state index contributed by atoms with van der Waals surface area (Å²) < 4.78 is 14.2. The molecule has 0 radical (unpaired) electrons. The first-order valence-electron chi connectivity index (χ1n) is 5.81. The fraction of sp³-hybridized carbons (Fsp3) is 0. The Labute approximate surface area is 111 Å². The molecular formula is C14H9FN2O3. The van der Waals surface area contributed by atoms with Crippen molar-refractivity contribution in [1.82, 2.24) is 9.55 Å². The predicted molar refractivity (Wildman–Crippen MR) is 70.8 cm³/mol. The molecule has 1 heterocycles. The maximum absolute atomic E-state index is 12.9. The molecule has 0 fully saturated rings. The zero-order valence-corrected chi connectivity index (χ0v) is 10.1. The highest BCUT2D eigenvalue weighted by Crippen LogP contribution is 2.19. The average Bonchev–Trinajstić information content (AvgIpc) is 2.75. The number of rotatable bonds is 2. The summed E-state index contributed by atoms with van der Waals surface area (Å²) in [5, 5.41) is 9.11. The normalized spacial score (nSPS) is 10.8. The van der Waals surface area contributed by atoms with Crippen molar-refractivity contribution in [2.24, 2.45) is 0 Å². The molecule has 20 heavy (non-hydrogen) atoms. The fourth-order valence-electron chi connectivity index (χ4n) is 2.15. The van der Waals surface area contributed by atoms with Gasteiger partial charge in [-0.3, -0.25) is 4.57 Å². The van der Waals surface area contributed by atoms with E-state index in [2.05, 4.69) is 4.98 Å². The number of para-hydroxylation sites is 1. The lowest BCUT2D eigenvalue weighted by molar-refractivity contribution is 0.0699. The lowest BCUT2D eigenvalue weighted by Crippen LogP contribution is -2.14. The van der Waals surface area contributed by atoms with Crippen LogP contribution >= 0.6 is 0 Å². The summed E-state index contributed by atoms with van der Waals surface area (Å²) >= 11 is 0. The quantitative estimate of drug-likeness (QED) is 0.750. The van der Waals surface area contributed by atoms with E-state index in [1.165, 1.54) is 34.9 Å². The van der Waals surface area contributed by atoms with Gasteiger partial charge in [0, 0.05) is 0 Å². The molecule has 0 atom stereocenters. The molecule has 6 heteroatoms. The SMILES string of the molecule is O=C(O)c1cccc2c1[nH]c(=O)n2-c1ccc(F)cc1. The van der Waals surface area contributed by atoms with Gasteiger partial charge in [-0.25, -0.2) is 14.0 Å². The lowest BCUT2D eigenvalue weighted by atomic mass is 10.2. The first kappa shape index (κ1) is 12.2. The van der Waals surface area contributed by atoms with Crippen LogP contribution in [0.15, 0.2) is 47.3 Å². The summed E-state index contributed by atoms with van der Waals surface area (Å²) in [6.45, 7) is 0. The van der Waals surface area contributed by atoms with Crippen LogP contribution in [0.4, 0.5) is 4.39 Å². The highest BCUT2D eigenvalue weighted by atomic mass is 19.1. The number of aromatic nitrogens is 2. The Balaban J connectivity index is 2.35. The van der Waals surface area contributed by atoms with E-state index in [4.69, 9.17) is 5.11 Å². The lowest BCUT2D eigenvalue weighted by Gasteiger charge is -2.03. The van der Waals surface area contributed by atoms with Crippen LogP contribution in [0.25, 0.3) is 16.7 Å². The van der Waals surface area contributed by atoms with Crippen molar-refractivity contribution >= 4 is 17.0 Å². The molecule has 0 bridgehead atoms. The Morgan fingerprint density at radius 2 is 1.85 bits per heavy atom. The Morgan fingerprint density at radius 3 is 2.50 bits per heavy atom. The number of carbonyl (C=O) groups is 1. The van der Waals surface area contributed by atoms with Gasteiger partial charge in [0.25, 0.3) is 0 Å². The third-order valence-electron chi connectivity index (χ3n) is 3.03. The molecule has 0 amide bonds. The molecule has 2 aromatic carbocycles. The molecule has 0 spiro atoms. The number of hydrogen-bond acceptors (Lipinski definition) is 2. The van der Waals surface area contributed by atoms with Gasteiger partial charge in [-0.1, -0.05) is 6.07 Å². The van der Waals surface area contributed by atoms with Crippen LogP contribution in [0.5, 0.6) is 0 Å². The summed E-state index contributed by atoms with van der Waals surface area (Å²) in [6.07, 6.45) is 0. The molecule has 0 aliphatic rings. The minimum Gasteiger partial charge on any atom is -0.478 e. The summed E-state index contributed by atoms with van der Waals surface area (Å²) in [6, 6.07) is 9.98. The van der Waals surface area contributed by atoms with Crippen LogP contribution in [-0.2, 0) is 0 Å². The fourth-order valence-corrected chi connectivity index (χ4v) is 2.15. The molecule has 100 valence electrons. The van der Waals surface area contributed by atoms with Gasteiger partial charge in [0.05, 0.1) is 22.3 Å². The molecule has 0 unspecified atom stereocenters. The summed E-state index contributed by atoms with van der Waals surface area (Å²) in [4.78, 5) is 25.7. The zero-order chi connectivity index (χ0) is 14.3. The van der Waals surface area contributed by atoms with E-state index in [-0.39, 0.29) is 11.1 Å². The number of nitrogens with zero attached hydrogens (tertiary/aromatic N) is 1. The van der Waals surface area contributed by atoms with Crippen molar-refractivity contribution in [3.8, 4) is 5.69 Å². The Morgan fingerprint density at radius 1 is 1.15 bits per heavy atom. The zero-order valence-electron chi connectivity index (χ0n) is 10.1. The number of imidazole rings is 1. The number of aromatic amines is 1. The first-order chi connectivity index (χ1) is 9.58. The van der Waals surface area contributed by atoms with Crippen LogP contribution in [0.3, 0.4) is 0 Å². The number of carboxylic acid groups (broad SMARTS) is 1. The van der Waals surface area contributed by atoms with Crippen LogP contribution in [0.2, 0.25) is 0 Å². The van der Waals surface area contributed by atoms with E-state index in [1.54, 1.807) is 12.1 Å². The van der Waals surface area contributed by atoms with Crippen molar-refractivity contribution in [1.29, 1.82) is 0 Å². The van der Waals surface area contributed by atoms with Gasteiger partial charge in [0.1, 0.15) is 5.82 Å². The smallest absolute Gasteiger partial charge is 0.337 e. The van der Waals surface area contributed by atoms with Gasteiger partial charge < -0.3 is 10.1 Å². The van der Waals surface area contributed by atoms with Crippen molar-refractivity contribution in [3.05, 3.63) is 64.3 Å². The number of nitrogens with one attached hydrogen (secondary N) is 1. The molecule has 0 aliphatic heterocycles. The topological polar surface area (TPSA) is 75.1 Å². The number of halogens is 1. The Kier molecular flexibility index (Phi) is 2.64. The standard InChI is InChI=1S/C14H9FN2O3/c15-8-4-6-9(7-5-8)17-11-3-1-2-10(13(18)19)12(11)16-14(17)20/h1-7H,(H,16,20)(H,18,19). The molecule has 5 nitrogen and oxygen atoms in total. The molecule has 3 aromatic rings. The number of benzene rings is 2. The molecule has 0 saturated carbocycles. The number of carboxylic acids is 1.